The van der Waals surface area contributed by atoms with Crippen molar-refractivity contribution in [3.63, 3.8) is 0 Å². The molecule has 352 valence electrons. The molecule has 2 bridgehead atoms. The van der Waals surface area contributed by atoms with Crippen molar-refractivity contribution in [1.82, 2.24) is 25.3 Å². The minimum absolute atomic E-state index is 0.0644. The van der Waals surface area contributed by atoms with Crippen LogP contribution in [0.2, 0.25) is 0 Å². The summed E-state index contributed by atoms with van der Waals surface area (Å²) in [7, 11) is 1.95. The summed E-state index contributed by atoms with van der Waals surface area (Å²) in [6.07, 6.45) is 10.1. The van der Waals surface area contributed by atoms with Crippen molar-refractivity contribution in [3.05, 3.63) is 78.4 Å². The highest BCUT2D eigenvalue weighted by molar-refractivity contribution is 6.02. The lowest BCUT2D eigenvalue weighted by molar-refractivity contribution is -0.134. The predicted octanol–water partition coefficient (Wildman–Crippen LogP) is 6.58. The number of piperidine rings is 3. The Morgan fingerprint density at radius 2 is 1.60 bits per heavy atom. The first-order valence-corrected chi connectivity index (χ1v) is 24.7. The first-order chi connectivity index (χ1) is 32.6. The molecule has 0 radical (unpaired) electrons. The number of nitrogens with zero attached hydrogens (tertiary/aromatic N) is 7. The molecule has 4 saturated heterocycles. The van der Waals surface area contributed by atoms with E-state index in [1.807, 2.05) is 53.2 Å². The third-order valence-corrected chi connectivity index (χ3v) is 16.6. The Morgan fingerprint density at radius 3 is 2.42 bits per heavy atom. The number of fused-ring (bicyclic) bond motifs is 2. The Balaban J connectivity index is 0.669. The number of carbonyl (C=O) groups excluding carboxylic acids is 3. The molecule has 2 unspecified atom stereocenters. The molecule has 11 rings (SSSR count). The normalized spacial score (nSPS) is 26.6. The lowest BCUT2D eigenvalue weighted by atomic mass is 9.52. The number of aromatic nitrogens is 2. The van der Waals surface area contributed by atoms with Gasteiger partial charge in [-0.1, -0.05) is 30.3 Å². The molecule has 67 heavy (non-hydrogen) atoms. The van der Waals surface area contributed by atoms with Crippen LogP contribution in [0.4, 0.5) is 27.7 Å². The van der Waals surface area contributed by atoms with Gasteiger partial charge in [0, 0.05) is 77.2 Å². The van der Waals surface area contributed by atoms with E-state index in [4.69, 9.17) is 15.2 Å². The zero-order chi connectivity index (χ0) is 45.8. The molecule has 3 aromatic carbocycles. The van der Waals surface area contributed by atoms with E-state index in [0.717, 1.165) is 93.3 Å². The molecular formula is C52H63N9O6. The van der Waals surface area contributed by atoms with Gasteiger partial charge in [-0.15, -0.1) is 10.2 Å². The van der Waals surface area contributed by atoms with Crippen LogP contribution in [0.25, 0.3) is 11.3 Å². The highest BCUT2D eigenvalue weighted by Crippen LogP contribution is 2.65. The number of hydrogen-bond acceptors (Lipinski definition) is 12. The number of carbonyl (C=O) groups is 3. The maximum Gasteiger partial charge on any atom is 0.319 e. The number of amides is 4. The summed E-state index contributed by atoms with van der Waals surface area (Å²) in [5.41, 5.74) is 12.2. The fourth-order valence-electron chi connectivity index (χ4n) is 13.0. The first-order valence-electron chi connectivity index (χ1n) is 24.7. The van der Waals surface area contributed by atoms with E-state index < -0.39 is 0 Å². The number of nitrogen functional groups attached to an aromatic ring is 1. The molecule has 15 nitrogen and oxygen atoms in total. The van der Waals surface area contributed by atoms with Crippen LogP contribution in [-0.2, 0) is 15.0 Å². The van der Waals surface area contributed by atoms with E-state index in [-0.39, 0.29) is 47.2 Å². The highest BCUT2D eigenvalue weighted by Gasteiger charge is 2.59. The van der Waals surface area contributed by atoms with E-state index in [1.165, 1.54) is 24.8 Å². The second-order valence-corrected chi connectivity index (χ2v) is 20.2. The number of phenolic OH excluding ortho intramolecular Hbond substituents is 1. The number of para-hydroxylation sites is 2. The van der Waals surface area contributed by atoms with Crippen LogP contribution in [0.15, 0.2) is 72.8 Å². The van der Waals surface area contributed by atoms with Gasteiger partial charge >= 0.3 is 6.03 Å². The maximum absolute atomic E-state index is 13.9. The third-order valence-electron chi connectivity index (χ3n) is 16.6. The van der Waals surface area contributed by atoms with Crippen LogP contribution in [0, 0.1) is 17.8 Å². The fourth-order valence-corrected chi connectivity index (χ4v) is 13.0. The second-order valence-electron chi connectivity index (χ2n) is 20.2. The van der Waals surface area contributed by atoms with E-state index in [2.05, 4.69) is 60.5 Å². The molecule has 6 fully saturated rings. The largest absolute Gasteiger partial charge is 0.507 e. The first kappa shape index (κ1) is 43.3. The van der Waals surface area contributed by atoms with Gasteiger partial charge in [-0.2, -0.15) is 0 Å². The number of nitrogens with two attached hydrogens (primary N) is 1. The van der Waals surface area contributed by atoms with Crippen LogP contribution >= 0.6 is 0 Å². The molecule has 15 heteroatoms. The molecule has 4 N–H and O–H groups in total. The zero-order valence-electron chi connectivity index (χ0n) is 38.5. The average molecular weight is 910 g/mol. The molecule has 0 spiro atoms. The molecule has 2 saturated carbocycles. The van der Waals surface area contributed by atoms with Gasteiger partial charge in [-0.25, -0.2) is 4.79 Å². The molecule has 7 aliphatic rings. The minimum Gasteiger partial charge on any atom is -0.507 e. The van der Waals surface area contributed by atoms with Gasteiger partial charge in [0.2, 0.25) is 11.8 Å². The number of anilines is 4. The van der Waals surface area contributed by atoms with Crippen LogP contribution in [0.3, 0.4) is 0 Å². The van der Waals surface area contributed by atoms with Crippen molar-refractivity contribution in [2.24, 2.45) is 17.8 Å². The van der Waals surface area contributed by atoms with Crippen LogP contribution < -0.4 is 35.2 Å². The summed E-state index contributed by atoms with van der Waals surface area (Å²) in [6, 6.07) is 24.1. The summed E-state index contributed by atoms with van der Waals surface area (Å²) >= 11 is 0. The summed E-state index contributed by atoms with van der Waals surface area (Å²) < 4.78 is 13.0. The molecule has 5 aliphatic heterocycles. The Labute approximate surface area is 392 Å². The second kappa shape index (κ2) is 17.8. The highest BCUT2D eigenvalue weighted by atomic mass is 16.5. The smallest absolute Gasteiger partial charge is 0.319 e. The molecule has 2 aliphatic carbocycles. The zero-order valence-corrected chi connectivity index (χ0v) is 38.5. The summed E-state index contributed by atoms with van der Waals surface area (Å²) in [6.45, 7) is 5.83. The Bertz CT molecular complexity index is 2520. The molecular weight excluding hydrogens is 847 g/mol. The van der Waals surface area contributed by atoms with Crippen LogP contribution in [-0.4, -0.2) is 121 Å². The van der Waals surface area contributed by atoms with Gasteiger partial charge in [0.05, 0.1) is 29.3 Å². The summed E-state index contributed by atoms with van der Waals surface area (Å²) in [4.78, 5) is 49.3. The van der Waals surface area contributed by atoms with Crippen molar-refractivity contribution >= 4 is 40.7 Å². The van der Waals surface area contributed by atoms with Crippen molar-refractivity contribution in [3.8, 4) is 28.5 Å². The number of rotatable bonds is 8. The monoisotopic (exact) mass is 909 g/mol. The number of likely N-dealkylation sites (tertiary alicyclic amines) is 1. The quantitative estimate of drug-likeness (QED) is 0.163. The molecule has 4 amide bonds. The van der Waals surface area contributed by atoms with Crippen molar-refractivity contribution in [1.29, 1.82) is 0 Å². The molecule has 6 heterocycles. The minimum atomic E-state index is -0.390. The van der Waals surface area contributed by atoms with Crippen molar-refractivity contribution < 1.29 is 29.0 Å². The predicted molar refractivity (Wildman–Crippen MR) is 257 cm³/mol. The lowest BCUT2D eigenvalue weighted by Gasteiger charge is -2.53. The number of ether oxygens (including phenoxy) is 2. The average Bonchev–Trinajstić information content (AvgIpc) is 3.67. The van der Waals surface area contributed by atoms with Gasteiger partial charge in [-0.3, -0.25) is 14.9 Å². The SMILES string of the molecule is CN(C(=O)N1CCC(Oc2cccc(C34C[C@H]5CCN(c6cc(-c7ccccc7O)nnc6N)CC[C@@H](C3)C4C5)c2)CC1)C1CCN(c2cccc3c2OCCN3[C@H]2CCC(=O)NC2=O)CC1. The molecule has 5 atom stereocenters. The van der Waals surface area contributed by atoms with Gasteiger partial charge < -0.3 is 44.8 Å². The lowest BCUT2D eigenvalue weighted by Crippen LogP contribution is -2.54. The molecule has 1 aromatic heterocycles. The van der Waals surface area contributed by atoms with E-state index >= 15 is 0 Å². The third kappa shape index (κ3) is 8.11. The van der Waals surface area contributed by atoms with Crippen molar-refractivity contribution in [2.45, 2.75) is 94.2 Å². The number of benzene rings is 3. The van der Waals surface area contributed by atoms with E-state index in [9.17, 15) is 19.5 Å². The van der Waals surface area contributed by atoms with Gasteiger partial charge in [0.25, 0.3) is 0 Å². The van der Waals surface area contributed by atoms with Gasteiger partial charge in [0.15, 0.2) is 11.6 Å². The van der Waals surface area contributed by atoms with Crippen LogP contribution in [0.1, 0.15) is 76.2 Å². The Kier molecular flexibility index (Phi) is 11.5. The summed E-state index contributed by atoms with van der Waals surface area (Å²) in [5, 5.41) is 21.7. The number of urea groups is 1. The Hall–Kier alpha value is -6.25. The Morgan fingerprint density at radius 1 is 0.836 bits per heavy atom. The number of phenols is 1. The summed E-state index contributed by atoms with van der Waals surface area (Å²) in [5.74, 6) is 3.84. The van der Waals surface area contributed by atoms with Crippen LogP contribution in [0.5, 0.6) is 17.2 Å². The fraction of sp³-hybridized carbons (Fsp3) is 0.519. The standard InChI is InChI=1S/C52H63N9O6/c1-57(36-16-22-58(23-17-36)42-9-5-10-43-48(42)66-27-26-61(43)44-12-13-47(63)54-50(44)64)51(65)60-24-18-37(19-25-60)67-38-7-4-6-35(29-38)52-31-33-14-20-59(21-15-34(32-52)40(52)28-33)45-30-41(55-56-49(45)53)39-8-2-3-11-46(39)62/h2-11,29-30,33-34,36-37,40,44,62H,12-28,31-32H2,1H3,(H2,53,56)(H,54,63,64)/t33-,34-,40?,44-,52?/m0/s1. The molecule has 4 aromatic rings. The maximum atomic E-state index is 13.9. The number of nitrogens with one attached hydrogen (secondary N) is 1. The van der Waals surface area contributed by atoms with Crippen molar-refractivity contribution in [2.75, 3.05) is 79.9 Å². The van der Waals surface area contributed by atoms with E-state index in [0.29, 0.717) is 73.9 Å². The van der Waals surface area contributed by atoms with Gasteiger partial charge in [-0.05, 0) is 123 Å². The number of hydrogen-bond donors (Lipinski definition) is 3. The van der Waals surface area contributed by atoms with E-state index in [1.54, 1.807) is 6.07 Å². The number of imide groups is 1. The number of aromatic hydroxyl groups is 1. The topological polar surface area (TPSA) is 170 Å². The van der Waals surface area contributed by atoms with Gasteiger partial charge in [0.1, 0.15) is 30.3 Å².